The van der Waals surface area contributed by atoms with Gasteiger partial charge in [0, 0.05) is 12.1 Å². The molecule has 0 radical (unpaired) electrons. The van der Waals surface area contributed by atoms with Crippen molar-refractivity contribution in [1.82, 2.24) is 9.97 Å². The maximum Gasteiger partial charge on any atom is 0.244 e. The summed E-state index contributed by atoms with van der Waals surface area (Å²) in [5.41, 5.74) is 6.16. The molecule has 0 aromatic carbocycles. The largest absolute Gasteiger partial charge is 0.319 e. The SMILES string of the molecule is C#CCC(N)C(=O)Nc1nc(C)cc(Cl)n1. The maximum absolute atomic E-state index is 11.5. The van der Waals surface area contributed by atoms with Crippen molar-refractivity contribution in [1.29, 1.82) is 0 Å². The summed E-state index contributed by atoms with van der Waals surface area (Å²) in [5.74, 6) is 2.00. The number of hydrogen-bond acceptors (Lipinski definition) is 4. The number of carbonyl (C=O) groups excluding carboxylic acids is 1. The number of hydrogen-bond donors (Lipinski definition) is 2. The van der Waals surface area contributed by atoms with Crippen LogP contribution >= 0.6 is 11.6 Å². The summed E-state index contributed by atoms with van der Waals surface area (Å²) < 4.78 is 0. The predicted molar refractivity (Wildman–Crippen MR) is 61.8 cm³/mol. The molecule has 0 spiro atoms. The van der Waals surface area contributed by atoms with Crippen LogP contribution in [0.5, 0.6) is 0 Å². The molecule has 0 saturated carbocycles. The highest BCUT2D eigenvalue weighted by atomic mass is 35.5. The van der Waals surface area contributed by atoms with Gasteiger partial charge in [-0.1, -0.05) is 11.6 Å². The van der Waals surface area contributed by atoms with Crippen molar-refractivity contribution in [3.63, 3.8) is 0 Å². The van der Waals surface area contributed by atoms with E-state index in [9.17, 15) is 4.79 Å². The molecule has 0 aliphatic rings. The Morgan fingerprint density at radius 3 is 3.00 bits per heavy atom. The zero-order valence-electron chi connectivity index (χ0n) is 8.70. The van der Waals surface area contributed by atoms with Gasteiger partial charge in [-0.15, -0.1) is 12.3 Å². The van der Waals surface area contributed by atoms with Crippen LogP contribution in [0, 0.1) is 19.3 Å². The number of rotatable bonds is 3. The van der Waals surface area contributed by atoms with Crippen LogP contribution in [0.4, 0.5) is 5.95 Å². The quantitative estimate of drug-likeness (QED) is 0.601. The normalized spacial score (nSPS) is 11.6. The number of halogens is 1. The van der Waals surface area contributed by atoms with E-state index in [-0.39, 0.29) is 17.5 Å². The fraction of sp³-hybridized carbons (Fsp3) is 0.300. The molecule has 0 aliphatic heterocycles. The van der Waals surface area contributed by atoms with Crippen molar-refractivity contribution in [2.75, 3.05) is 5.32 Å². The summed E-state index contributed by atoms with van der Waals surface area (Å²) in [7, 11) is 0. The van der Waals surface area contributed by atoms with Gasteiger partial charge in [-0.05, 0) is 13.0 Å². The lowest BCUT2D eigenvalue weighted by molar-refractivity contribution is -0.117. The van der Waals surface area contributed by atoms with E-state index in [0.717, 1.165) is 0 Å². The molecule has 1 aromatic heterocycles. The van der Waals surface area contributed by atoms with Gasteiger partial charge >= 0.3 is 0 Å². The Hall–Kier alpha value is -1.64. The third-order valence-electron chi connectivity index (χ3n) is 1.73. The van der Waals surface area contributed by atoms with E-state index in [1.54, 1.807) is 13.0 Å². The number of nitrogens with zero attached hydrogens (tertiary/aromatic N) is 2. The minimum atomic E-state index is -0.770. The Morgan fingerprint density at radius 2 is 2.44 bits per heavy atom. The lowest BCUT2D eigenvalue weighted by Gasteiger charge is -2.08. The zero-order valence-corrected chi connectivity index (χ0v) is 9.45. The molecule has 1 heterocycles. The molecule has 1 amide bonds. The van der Waals surface area contributed by atoms with Gasteiger partial charge in [0.05, 0.1) is 6.04 Å². The summed E-state index contributed by atoms with van der Waals surface area (Å²) in [6.07, 6.45) is 5.20. The highest BCUT2D eigenvalue weighted by Gasteiger charge is 2.13. The summed E-state index contributed by atoms with van der Waals surface area (Å²) in [5, 5.41) is 2.70. The van der Waals surface area contributed by atoms with Crippen LogP contribution in [-0.4, -0.2) is 21.9 Å². The molecule has 0 fully saturated rings. The number of terminal acetylenes is 1. The highest BCUT2D eigenvalue weighted by molar-refractivity contribution is 6.29. The topological polar surface area (TPSA) is 80.9 Å². The first kappa shape index (κ1) is 12.4. The molecule has 6 heteroatoms. The minimum Gasteiger partial charge on any atom is -0.319 e. The Kier molecular flexibility index (Phi) is 4.23. The van der Waals surface area contributed by atoms with Crippen LogP contribution < -0.4 is 11.1 Å². The first-order chi connectivity index (χ1) is 7.52. The number of carbonyl (C=O) groups is 1. The molecular weight excluding hydrogens is 228 g/mol. The van der Waals surface area contributed by atoms with Crippen LogP contribution in [0.25, 0.3) is 0 Å². The maximum atomic E-state index is 11.5. The van der Waals surface area contributed by atoms with Gasteiger partial charge in [0.15, 0.2) is 0 Å². The molecule has 0 aliphatic carbocycles. The number of aromatic nitrogens is 2. The minimum absolute atomic E-state index is 0.127. The Labute approximate surface area is 98.4 Å². The number of amides is 1. The summed E-state index contributed by atoms with van der Waals surface area (Å²) in [6, 6.07) is 0.811. The van der Waals surface area contributed by atoms with E-state index in [4.69, 9.17) is 23.8 Å². The third-order valence-corrected chi connectivity index (χ3v) is 1.93. The van der Waals surface area contributed by atoms with Crippen molar-refractivity contribution in [2.45, 2.75) is 19.4 Å². The van der Waals surface area contributed by atoms with E-state index in [2.05, 4.69) is 21.2 Å². The molecular formula is C10H11ClN4O. The Morgan fingerprint density at radius 1 is 1.75 bits per heavy atom. The van der Waals surface area contributed by atoms with Crippen LogP contribution in [0.2, 0.25) is 5.15 Å². The molecule has 5 nitrogen and oxygen atoms in total. The number of aryl methyl sites for hydroxylation is 1. The Balaban J connectivity index is 2.73. The second-order valence-corrected chi connectivity index (χ2v) is 3.55. The van der Waals surface area contributed by atoms with Crippen molar-refractivity contribution >= 4 is 23.5 Å². The van der Waals surface area contributed by atoms with Crippen molar-refractivity contribution in [2.24, 2.45) is 5.73 Å². The molecule has 84 valence electrons. The van der Waals surface area contributed by atoms with E-state index >= 15 is 0 Å². The molecule has 0 bridgehead atoms. The predicted octanol–water partition coefficient (Wildman–Crippen LogP) is 0.728. The van der Waals surface area contributed by atoms with Crippen LogP contribution in [0.3, 0.4) is 0 Å². The summed E-state index contributed by atoms with van der Waals surface area (Å²) in [4.78, 5) is 19.3. The third kappa shape index (κ3) is 3.50. The zero-order chi connectivity index (χ0) is 12.1. The van der Waals surface area contributed by atoms with Gasteiger partial charge in [0.2, 0.25) is 11.9 Å². The lowest BCUT2D eigenvalue weighted by Crippen LogP contribution is -2.35. The standard InChI is InChI=1S/C10H11ClN4O/c1-3-4-7(12)9(16)15-10-13-6(2)5-8(11)14-10/h1,5,7H,4,12H2,2H3,(H,13,14,15,16). The second-order valence-electron chi connectivity index (χ2n) is 3.16. The number of nitrogens with one attached hydrogen (secondary N) is 1. The monoisotopic (exact) mass is 238 g/mol. The smallest absolute Gasteiger partial charge is 0.244 e. The summed E-state index contributed by atoms with van der Waals surface area (Å²) in [6.45, 7) is 1.74. The molecule has 1 unspecified atom stereocenters. The van der Waals surface area contributed by atoms with Crippen LogP contribution in [0.15, 0.2) is 6.07 Å². The van der Waals surface area contributed by atoms with Gasteiger partial charge in [-0.25, -0.2) is 9.97 Å². The van der Waals surface area contributed by atoms with E-state index in [1.165, 1.54) is 0 Å². The molecule has 1 atom stereocenters. The molecule has 3 N–H and O–H groups in total. The number of nitrogens with two attached hydrogens (primary N) is 1. The molecule has 16 heavy (non-hydrogen) atoms. The van der Waals surface area contributed by atoms with Gasteiger partial charge in [0.25, 0.3) is 0 Å². The molecule has 1 aromatic rings. The van der Waals surface area contributed by atoms with E-state index in [0.29, 0.717) is 5.69 Å². The molecule has 1 rings (SSSR count). The fourth-order valence-corrected chi connectivity index (χ4v) is 1.25. The Bertz CT molecular complexity index is 421. The van der Waals surface area contributed by atoms with Crippen molar-refractivity contribution in [3.05, 3.63) is 16.9 Å². The van der Waals surface area contributed by atoms with Gasteiger partial charge in [-0.3, -0.25) is 10.1 Å². The fourth-order valence-electron chi connectivity index (χ4n) is 1.01. The first-order valence-electron chi connectivity index (χ1n) is 4.54. The molecule has 0 saturated heterocycles. The van der Waals surface area contributed by atoms with E-state index in [1.807, 2.05) is 0 Å². The average Bonchev–Trinajstić information content (AvgIpc) is 2.16. The van der Waals surface area contributed by atoms with Crippen molar-refractivity contribution in [3.8, 4) is 12.3 Å². The van der Waals surface area contributed by atoms with Gasteiger partial charge in [-0.2, -0.15) is 0 Å². The van der Waals surface area contributed by atoms with Crippen molar-refractivity contribution < 1.29 is 4.79 Å². The highest BCUT2D eigenvalue weighted by Crippen LogP contribution is 2.09. The number of anilines is 1. The lowest BCUT2D eigenvalue weighted by atomic mass is 10.2. The summed E-state index contributed by atoms with van der Waals surface area (Å²) >= 11 is 5.71. The van der Waals surface area contributed by atoms with Crippen LogP contribution in [-0.2, 0) is 4.79 Å². The van der Waals surface area contributed by atoms with E-state index < -0.39 is 11.9 Å². The average molecular weight is 239 g/mol. The first-order valence-corrected chi connectivity index (χ1v) is 4.92. The van der Waals surface area contributed by atoms with Crippen LogP contribution in [0.1, 0.15) is 12.1 Å². The van der Waals surface area contributed by atoms with Gasteiger partial charge < -0.3 is 5.73 Å². The second kappa shape index (κ2) is 5.45. The van der Waals surface area contributed by atoms with Gasteiger partial charge in [0.1, 0.15) is 5.15 Å².